The molecule has 2 N–H and O–H groups in total. The molecule has 2 aliphatic heterocycles. The first kappa shape index (κ1) is 19.3. The molecule has 9 heteroatoms. The molecule has 0 fully saturated rings. The van der Waals surface area contributed by atoms with E-state index in [-0.39, 0.29) is 18.2 Å². The second kappa shape index (κ2) is 7.06. The van der Waals surface area contributed by atoms with Crippen LogP contribution >= 0.6 is 0 Å². The van der Waals surface area contributed by atoms with Crippen LogP contribution in [-0.4, -0.2) is 27.6 Å². The average Bonchev–Trinajstić information content (AvgIpc) is 3.22. The van der Waals surface area contributed by atoms with Crippen LogP contribution in [0.3, 0.4) is 0 Å². The lowest BCUT2D eigenvalue weighted by molar-refractivity contribution is 0.264. The van der Waals surface area contributed by atoms with E-state index in [1.807, 2.05) is 0 Å². The summed E-state index contributed by atoms with van der Waals surface area (Å²) in [7, 11) is 0. The highest BCUT2D eigenvalue weighted by Crippen LogP contribution is 2.52. The fourth-order valence-corrected chi connectivity index (χ4v) is 4.25. The molecule has 0 unspecified atom stereocenters. The summed E-state index contributed by atoms with van der Waals surface area (Å²) in [6, 6.07) is 13.5. The Labute approximate surface area is 186 Å². The van der Waals surface area contributed by atoms with Crippen LogP contribution in [0.5, 0.6) is 11.5 Å². The fourth-order valence-electron chi connectivity index (χ4n) is 4.25. The smallest absolute Gasteiger partial charge is 0.283 e. The molecule has 5 heterocycles. The zero-order valence-electron chi connectivity index (χ0n) is 17.0. The zero-order valence-corrected chi connectivity index (χ0v) is 17.0. The van der Waals surface area contributed by atoms with Crippen LogP contribution < -0.4 is 10.5 Å². The van der Waals surface area contributed by atoms with Crippen molar-refractivity contribution in [2.45, 2.75) is 5.54 Å². The predicted octanol–water partition coefficient (Wildman–Crippen LogP) is 4.18. The van der Waals surface area contributed by atoms with Crippen LogP contribution in [-0.2, 0) is 10.3 Å². The number of nitrogens with two attached hydrogens (primary N) is 1. The monoisotopic (exact) mass is 443 g/mol. The molecule has 0 amide bonds. The lowest BCUT2D eigenvalue weighted by atomic mass is 9.80. The minimum atomic E-state index is -1.07. The van der Waals surface area contributed by atoms with E-state index >= 15 is 0 Å². The Hall–Kier alpha value is -4.40. The van der Waals surface area contributed by atoms with Gasteiger partial charge in [-0.3, -0.25) is 4.98 Å². The molecule has 3 aromatic heterocycles. The van der Waals surface area contributed by atoms with E-state index in [1.165, 1.54) is 18.6 Å². The number of amidine groups is 1. The van der Waals surface area contributed by atoms with Crippen LogP contribution in [0.1, 0.15) is 11.1 Å². The predicted molar refractivity (Wildman–Crippen MR) is 115 cm³/mol. The highest BCUT2D eigenvalue weighted by Gasteiger charge is 2.47. The first-order chi connectivity index (χ1) is 16.0. The van der Waals surface area contributed by atoms with Crippen molar-refractivity contribution in [1.82, 2.24) is 15.0 Å². The standard InChI is InChI=1S/C24H15F2N5O2/c25-21-14(3-1-7-28-21)13-5-6-19-16(9-13)24(12-32-23(27)31-24)17-10-18(30-11-20(17)33-19)15-4-2-8-29-22(15)26/h1-11H,12H2,(H2,27,31)/t24-/m0/s1. The Kier molecular flexibility index (Phi) is 4.13. The average molecular weight is 443 g/mol. The maximum Gasteiger partial charge on any atom is 0.283 e. The first-order valence-corrected chi connectivity index (χ1v) is 10.1. The molecule has 1 aromatic carbocycles. The van der Waals surface area contributed by atoms with Crippen LogP contribution in [0.4, 0.5) is 8.78 Å². The minimum Gasteiger partial charge on any atom is -0.462 e. The molecule has 4 aromatic rings. The highest BCUT2D eigenvalue weighted by molar-refractivity contribution is 5.78. The number of hydrogen-bond donors (Lipinski definition) is 1. The molecule has 0 bridgehead atoms. The van der Waals surface area contributed by atoms with Gasteiger partial charge in [-0.25, -0.2) is 15.0 Å². The molecule has 7 nitrogen and oxygen atoms in total. The van der Waals surface area contributed by atoms with E-state index in [0.29, 0.717) is 39.4 Å². The molecule has 6 rings (SSSR count). The second-order valence-corrected chi connectivity index (χ2v) is 7.66. The molecule has 0 aliphatic carbocycles. The topological polar surface area (TPSA) is 95.5 Å². The number of ether oxygens (including phenoxy) is 2. The van der Waals surface area contributed by atoms with Gasteiger partial charge in [-0.2, -0.15) is 8.78 Å². The van der Waals surface area contributed by atoms with Gasteiger partial charge in [0.1, 0.15) is 12.4 Å². The van der Waals surface area contributed by atoms with E-state index < -0.39 is 17.4 Å². The van der Waals surface area contributed by atoms with Crippen molar-refractivity contribution in [3.63, 3.8) is 0 Å². The number of hydrogen-bond acceptors (Lipinski definition) is 7. The van der Waals surface area contributed by atoms with Crippen LogP contribution in [0.2, 0.25) is 0 Å². The molecule has 0 radical (unpaired) electrons. The van der Waals surface area contributed by atoms with Gasteiger partial charge in [0.05, 0.1) is 17.5 Å². The van der Waals surface area contributed by atoms with Gasteiger partial charge in [0, 0.05) is 29.1 Å². The molecule has 33 heavy (non-hydrogen) atoms. The highest BCUT2D eigenvalue weighted by atomic mass is 19.1. The molecule has 1 atom stereocenters. The van der Waals surface area contributed by atoms with E-state index in [4.69, 9.17) is 15.2 Å². The maximum absolute atomic E-state index is 14.4. The Morgan fingerprint density at radius 2 is 1.58 bits per heavy atom. The largest absolute Gasteiger partial charge is 0.462 e. The van der Waals surface area contributed by atoms with Gasteiger partial charge in [-0.15, -0.1) is 0 Å². The number of fused-ring (bicyclic) bond motifs is 4. The van der Waals surface area contributed by atoms with Crippen molar-refractivity contribution in [2.24, 2.45) is 10.7 Å². The SMILES string of the molecule is NC1=N[C@@]2(CO1)c1cc(-c3cccnc3F)ccc1Oc1cnc(-c3cccnc3F)cc12. The summed E-state index contributed by atoms with van der Waals surface area (Å²) >= 11 is 0. The number of halogens is 2. The van der Waals surface area contributed by atoms with Crippen LogP contribution in [0.25, 0.3) is 22.4 Å². The number of aromatic nitrogens is 3. The first-order valence-electron chi connectivity index (χ1n) is 10.1. The van der Waals surface area contributed by atoms with Crippen molar-refractivity contribution in [3.8, 4) is 33.9 Å². The van der Waals surface area contributed by atoms with Crippen molar-refractivity contribution < 1.29 is 18.3 Å². The summed E-state index contributed by atoms with van der Waals surface area (Å²) in [5, 5.41) is 0. The summed E-state index contributed by atoms with van der Waals surface area (Å²) < 4.78 is 40.4. The van der Waals surface area contributed by atoms with Crippen molar-refractivity contribution in [3.05, 3.63) is 90.1 Å². The lowest BCUT2D eigenvalue weighted by Crippen LogP contribution is -2.31. The molecule has 1 spiro atoms. The summed E-state index contributed by atoms with van der Waals surface area (Å²) in [6.07, 6.45) is 4.27. The normalized spacial score (nSPS) is 18.2. The molecular formula is C24H15F2N5O2. The Balaban J connectivity index is 1.57. The van der Waals surface area contributed by atoms with Gasteiger partial charge in [-0.1, -0.05) is 6.07 Å². The third-order valence-corrected chi connectivity index (χ3v) is 5.79. The maximum atomic E-state index is 14.4. The molecule has 0 saturated carbocycles. The van der Waals surface area contributed by atoms with Gasteiger partial charge < -0.3 is 15.2 Å². The second-order valence-electron chi connectivity index (χ2n) is 7.66. The van der Waals surface area contributed by atoms with Crippen molar-refractivity contribution >= 4 is 6.02 Å². The number of aliphatic imine (C=N–C) groups is 1. The minimum absolute atomic E-state index is 0.0117. The van der Waals surface area contributed by atoms with E-state index in [1.54, 1.807) is 48.5 Å². The quantitative estimate of drug-likeness (QED) is 0.467. The fraction of sp³-hybridized carbons (Fsp3) is 0.0833. The third-order valence-electron chi connectivity index (χ3n) is 5.79. The van der Waals surface area contributed by atoms with Gasteiger partial charge >= 0.3 is 0 Å². The van der Waals surface area contributed by atoms with E-state index in [9.17, 15) is 8.78 Å². The Bertz CT molecular complexity index is 1360. The van der Waals surface area contributed by atoms with Gasteiger partial charge in [0.15, 0.2) is 11.3 Å². The van der Waals surface area contributed by atoms with Crippen molar-refractivity contribution in [1.29, 1.82) is 0 Å². The van der Waals surface area contributed by atoms with E-state index in [2.05, 4.69) is 19.9 Å². The van der Waals surface area contributed by atoms with Crippen molar-refractivity contribution in [2.75, 3.05) is 6.61 Å². The summed E-state index contributed by atoms with van der Waals surface area (Å²) in [5.74, 6) is -0.276. The molecule has 2 aliphatic rings. The van der Waals surface area contributed by atoms with Crippen LogP contribution in [0, 0.1) is 11.9 Å². The Morgan fingerprint density at radius 3 is 2.27 bits per heavy atom. The van der Waals surface area contributed by atoms with E-state index in [0.717, 1.165) is 0 Å². The lowest BCUT2D eigenvalue weighted by Gasteiger charge is -2.33. The summed E-state index contributed by atoms with van der Waals surface area (Å²) in [5.41, 5.74) is 7.64. The number of pyridine rings is 3. The number of benzene rings is 1. The summed E-state index contributed by atoms with van der Waals surface area (Å²) in [4.78, 5) is 16.4. The number of nitrogens with zero attached hydrogens (tertiary/aromatic N) is 4. The zero-order chi connectivity index (χ0) is 22.6. The molecule has 0 saturated heterocycles. The van der Waals surface area contributed by atoms with Gasteiger partial charge in [0.25, 0.3) is 6.02 Å². The Morgan fingerprint density at radius 1 is 0.848 bits per heavy atom. The van der Waals surface area contributed by atoms with Gasteiger partial charge in [-0.05, 0) is 48.0 Å². The molecular weight excluding hydrogens is 428 g/mol. The molecule has 162 valence electrons. The van der Waals surface area contributed by atoms with Crippen LogP contribution in [0.15, 0.2) is 72.1 Å². The summed E-state index contributed by atoms with van der Waals surface area (Å²) in [6.45, 7) is 0.0974. The third kappa shape index (κ3) is 2.93. The van der Waals surface area contributed by atoms with Gasteiger partial charge in [0.2, 0.25) is 11.9 Å². The number of rotatable bonds is 2.